The van der Waals surface area contributed by atoms with Crippen molar-refractivity contribution in [1.82, 2.24) is 10.6 Å². The zero-order valence-electron chi connectivity index (χ0n) is 12.7. The molecule has 1 atom stereocenters. The second kappa shape index (κ2) is 7.24. The third-order valence-electron chi connectivity index (χ3n) is 3.88. The first-order valence-electron chi connectivity index (χ1n) is 7.68. The molecule has 23 heavy (non-hydrogen) atoms. The van der Waals surface area contributed by atoms with Gasteiger partial charge in [-0.15, -0.1) is 0 Å². The first kappa shape index (κ1) is 15.5. The smallest absolute Gasteiger partial charge is 0.237 e. The maximum Gasteiger partial charge on any atom is 0.237 e. The van der Waals surface area contributed by atoms with Crippen LogP contribution < -0.4 is 15.4 Å². The maximum absolute atomic E-state index is 13.5. The van der Waals surface area contributed by atoms with Crippen LogP contribution in [0.4, 0.5) is 4.39 Å². The van der Waals surface area contributed by atoms with E-state index in [9.17, 15) is 9.18 Å². The van der Waals surface area contributed by atoms with Crippen LogP contribution in [0, 0.1) is 5.82 Å². The van der Waals surface area contributed by atoms with E-state index in [1.807, 2.05) is 24.3 Å². The van der Waals surface area contributed by atoms with Crippen LogP contribution in [0.25, 0.3) is 0 Å². The molecule has 0 saturated carbocycles. The minimum atomic E-state index is -0.261. The number of halogens is 1. The predicted octanol–water partition coefficient (Wildman–Crippen LogP) is 2.38. The van der Waals surface area contributed by atoms with Crippen molar-refractivity contribution in [3.05, 3.63) is 65.5 Å². The maximum atomic E-state index is 13.5. The third kappa shape index (κ3) is 4.07. The number of nitrogens with one attached hydrogen (secondary N) is 2. The third-order valence-corrected chi connectivity index (χ3v) is 3.88. The number of carbonyl (C=O) groups is 1. The zero-order valence-corrected chi connectivity index (χ0v) is 12.7. The van der Waals surface area contributed by atoms with Crippen LogP contribution >= 0.6 is 0 Å². The molecule has 1 amide bonds. The molecule has 4 nitrogen and oxygen atoms in total. The molecule has 0 aromatic heterocycles. The lowest BCUT2D eigenvalue weighted by atomic mass is 10.2. The number of amides is 1. The lowest BCUT2D eigenvalue weighted by Crippen LogP contribution is -2.35. The van der Waals surface area contributed by atoms with Gasteiger partial charge in [-0.1, -0.05) is 30.3 Å². The molecule has 120 valence electrons. The molecule has 3 rings (SSSR count). The SMILES string of the molecule is O=C1NCCC1NCc1ccc(OCc2ccccc2F)cc1. The molecule has 5 heteroatoms. The number of carbonyl (C=O) groups excluding carboxylic acids is 1. The summed E-state index contributed by atoms with van der Waals surface area (Å²) in [5.74, 6) is 0.494. The number of benzene rings is 2. The van der Waals surface area contributed by atoms with Gasteiger partial charge in [0.15, 0.2) is 0 Å². The summed E-state index contributed by atoms with van der Waals surface area (Å²) < 4.78 is 19.1. The first-order valence-corrected chi connectivity index (χ1v) is 7.68. The van der Waals surface area contributed by atoms with Gasteiger partial charge in [0.25, 0.3) is 0 Å². The van der Waals surface area contributed by atoms with Crippen LogP contribution in [-0.4, -0.2) is 18.5 Å². The highest BCUT2D eigenvalue weighted by Crippen LogP contribution is 2.16. The molecule has 1 unspecified atom stereocenters. The van der Waals surface area contributed by atoms with E-state index in [-0.39, 0.29) is 24.4 Å². The Hall–Kier alpha value is -2.40. The molecule has 2 aromatic carbocycles. The summed E-state index contributed by atoms with van der Waals surface area (Å²) in [7, 11) is 0. The van der Waals surface area contributed by atoms with Crippen molar-refractivity contribution in [1.29, 1.82) is 0 Å². The van der Waals surface area contributed by atoms with Crippen LogP contribution in [0.15, 0.2) is 48.5 Å². The van der Waals surface area contributed by atoms with Crippen LogP contribution in [0.3, 0.4) is 0 Å². The second-order valence-corrected chi connectivity index (χ2v) is 5.54. The quantitative estimate of drug-likeness (QED) is 0.861. The van der Waals surface area contributed by atoms with E-state index in [1.165, 1.54) is 6.07 Å². The Bertz CT molecular complexity index is 673. The highest BCUT2D eigenvalue weighted by atomic mass is 19.1. The van der Waals surface area contributed by atoms with Gasteiger partial charge in [0.1, 0.15) is 18.2 Å². The lowest BCUT2D eigenvalue weighted by Gasteiger charge is -2.11. The normalized spacial score (nSPS) is 17.1. The first-order chi connectivity index (χ1) is 11.2. The van der Waals surface area contributed by atoms with Gasteiger partial charge in [0, 0.05) is 18.7 Å². The van der Waals surface area contributed by atoms with E-state index < -0.39 is 0 Å². The van der Waals surface area contributed by atoms with Gasteiger partial charge in [-0.25, -0.2) is 4.39 Å². The molecule has 1 heterocycles. The lowest BCUT2D eigenvalue weighted by molar-refractivity contribution is -0.120. The Kier molecular flexibility index (Phi) is 4.88. The molecular formula is C18H19FN2O2. The van der Waals surface area contributed by atoms with E-state index in [2.05, 4.69) is 10.6 Å². The molecule has 1 aliphatic rings. The van der Waals surface area contributed by atoms with Crippen molar-refractivity contribution in [2.24, 2.45) is 0 Å². The molecule has 1 aliphatic heterocycles. The summed E-state index contributed by atoms with van der Waals surface area (Å²) in [6.45, 7) is 1.57. The summed E-state index contributed by atoms with van der Waals surface area (Å²) in [5.41, 5.74) is 1.61. The number of ether oxygens (including phenoxy) is 1. The Morgan fingerprint density at radius 2 is 1.96 bits per heavy atom. The van der Waals surface area contributed by atoms with Gasteiger partial charge in [0.2, 0.25) is 5.91 Å². The largest absolute Gasteiger partial charge is 0.489 e. The predicted molar refractivity (Wildman–Crippen MR) is 85.4 cm³/mol. The molecule has 0 radical (unpaired) electrons. The van der Waals surface area contributed by atoms with Gasteiger partial charge in [-0.2, -0.15) is 0 Å². The number of rotatable bonds is 6. The summed E-state index contributed by atoms with van der Waals surface area (Å²) >= 11 is 0. The van der Waals surface area contributed by atoms with Crippen molar-refractivity contribution in [2.75, 3.05) is 6.54 Å². The minimum Gasteiger partial charge on any atom is -0.489 e. The second-order valence-electron chi connectivity index (χ2n) is 5.54. The standard InChI is InChI=1S/C18H19FN2O2/c19-16-4-2-1-3-14(16)12-23-15-7-5-13(6-8-15)11-21-17-9-10-20-18(17)22/h1-8,17,21H,9-12H2,(H,20,22). The fourth-order valence-electron chi connectivity index (χ4n) is 2.51. The Labute approximate surface area is 134 Å². The fraction of sp³-hybridized carbons (Fsp3) is 0.278. The van der Waals surface area contributed by atoms with Crippen LogP contribution in [0.5, 0.6) is 5.75 Å². The molecule has 1 saturated heterocycles. The summed E-state index contributed by atoms with van der Waals surface area (Å²) in [6, 6.07) is 14.1. The summed E-state index contributed by atoms with van der Waals surface area (Å²) in [4.78, 5) is 11.5. The molecule has 2 N–H and O–H groups in total. The average molecular weight is 314 g/mol. The Morgan fingerprint density at radius 1 is 1.17 bits per heavy atom. The Balaban J connectivity index is 1.51. The van der Waals surface area contributed by atoms with E-state index >= 15 is 0 Å². The molecule has 0 spiro atoms. The van der Waals surface area contributed by atoms with Crippen molar-refractivity contribution in [2.45, 2.75) is 25.6 Å². The average Bonchev–Trinajstić information content (AvgIpc) is 2.98. The minimum absolute atomic E-state index is 0.0647. The van der Waals surface area contributed by atoms with Crippen molar-refractivity contribution in [3.63, 3.8) is 0 Å². The molecule has 0 bridgehead atoms. The highest BCUT2D eigenvalue weighted by molar-refractivity contribution is 5.83. The van der Waals surface area contributed by atoms with E-state index in [1.54, 1.807) is 18.2 Å². The summed E-state index contributed by atoms with van der Waals surface area (Å²) in [5, 5.41) is 6.03. The zero-order chi connectivity index (χ0) is 16.1. The fourth-order valence-corrected chi connectivity index (χ4v) is 2.51. The van der Waals surface area contributed by atoms with Crippen molar-refractivity contribution in [3.8, 4) is 5.75 Å². The van der Waals surface area contributed by atoms with Gasteiger partial charge in [-0.3, -0.25) is 4.79 Å². The summed E-state index contributed by atoms with van der Waals surface area (Å²) in [6.07, 6.45) is 0.822. The molecular weight excluding hydrogens is 295 g/mol. The van der Waals surface area contributed by atoms with Crippen LogP contribution in [0.2, 0.25) is 0 Å². The van der Waals surface area contributed by atoms with Crippen LogP contribution in [-0.2, 0) is 17.9 Å². The van der Waals surface area contributed by atoms with Crippen LogP contribution in [0.1, 0.15) is 17.5 Å². The van der Waals surface area contributed by atoms with E-state index in [0.717, 1.165) is 18.5 Å². The molecule has 1 fully saturated rings. The van der Waals surface area contributed by atoms with E-state index in [0.29, 0.717) is 17.9 Å². The van der Waals surface area contributed by atoms with Gasteiger partial charge >= 0.3 is 0 Å². The van der Waals surface area contributed by atoms with Crippen molar-refractivity contribution >= 4 is 5.91 Å². The molecule has 0 aliphatic carbocycles. The van der Waals surface area contributed by atoms with Gasteiger partial charge < -0.3 is 15.4 Å². The number of hydrogen-bond donors (Lipinski definition) is 2. The monoisotopic (exact) mass is 314 g/mol. The number of hydrogen-bond acceptors (Lipinski definition) is 3. The van der Waals surface area contributed by atoms with E-state index in [4.69, 9.17) is 4.74 Å². The topological polar surface area (TPSA) is 50.4 Å². The Morgan fingerprint density at radius 3 is 2.65 bits per heavy atom. The van der Waals surface area contributed by atoms with Gasteiger partial charge in [0.05, 0.1) is 6.04 Å². The highest BCUT2D eigenvalue weighted by Gasteiger charge is 2.22. The van der Waals surface area contributed by atoms with Crippen molar-refractivity contribution < 1.29 is 13.9 Å². The van der Waals surface area contributed by atoms with Gasteiger partial charge in [-0.05, 0) is 30.2 Å². The molecule has 2 aromatic rings.